The van der Waals surface area contributed by atoms with Gasteiger partial charge >= 0.3 is 0 Å². The van der Waals surface area contributed by atoms with Crippen molar-refractivity contribution >= 4 is 11.0 Å². The number of hydrogen-bond acceptors (Lipinski definition) is 2. The van der Waals surface area contributed by atoms with Gasteiger partial charge in [0.2, 0.25) is 0 Å². The molecule has 0 aliphatic carbocycles. The number of fused-ring (bicyclic) bond motifs is 1. The lowest BCUT2D eigenvalue weighted by atomic mass is 10.3. The summed E-state index contributed by atoms with van der Waals surface area (Å²) in [6.07, 6.45) is 0. The van der Waals surface area contributed by atoms with E-state index in [9.17, 15) is 0 Å². The Balaban J connectivity index is 2.88. The summed E-state index contributed by atoms with van der Waals surface area (Å²) in [5.74, 6) is 0. The van der Waals surface area contributed by atoms with Gasteiger partial charge in [0.15, 0.2) is 0 Å². The normalized spacial score (nSPS) is 10.5. The van der Waals surface area contributed by atoms with Crippen LogP contribution < -0.4 is 0 Å². The maximum atomic E-state index is 4.10. The molecule has 1 aromatic carbocycles. The fourth-order valence-corrected chi connectivity index (χ4v) is 0.912. The second-order valence-corrected chi connectivity index (χ2v) is 2.10. The van der Waals surface area contributed by atoms with Crippen molar-refractivity contribution in [3.63, 3.8) is 0 Å². The first-order valence-electron chi connectivity index (χ1n) is 3.03. The Morgan fingerprint density at radius 1 is 1.40 bits per heavy atom. The minimum atomic E-state index is 0.894. The third-order valence-corrected chi connectivity index (χ3v) is 1.32. The van der Waals surface area contributed by atoms with Gasteiger partial charge < -0.3 is 0 Å². The largest absolute Gasteiger partial charge is 0.187 e. The summed E-state index contributed by atoms with van der Waals surface area (Å²) in [7, 11) is 1.81. The van der Waals surface area contributed by atoms with E-state index in [1.54, 1.807) is 11.8 Å². The van der Waals surface area contributed by atoms with Gasteiger partial charge in [0.05, 0.1) is 0 Å². The zero-order valence-electron chi connectivity index (χ0n) is 5.57. The van der Waals surface area contributed by atoms with E-state index in [1.807, 2.05) is 18.2 Å². The fraction of sp³-hybridized carbons (Fsp3) is 0.143. The van der Waals surface area contributed by atoms with Crippen LogP contribution in [0.1, 0.15) is 0 Å². The van der Waals surface area contributed by atoms with Crippen LogP contribution in [0.25, 0.3) is 11.0 Å². The van der Waals surface area contributed by atoms with Gasteiger partial charge in [0.1, 0.15) is 11.0 Å². The second-order valence-electron chi connectivity index (χ2n) is 2.10. The van der Waals surface area contributed by atoms with Crippen molar-refractivity contribution < 1.29 is 0 Å². The molecule has 1 heterocycles. The molecule has 3 nitrogen and oxygen atoms in total. The number of aromatic nitrogens is 3. The Morgan fingerprint density at radius 3 is 3.00 bits per heavy atom. The summed E-state index contributed by atoms with van der Waals surface area (Å²) >= 11 is 0. The molecule has 0 spiro atoms. The lowest BCUT2D eigenvalue weighted by Crippen LogP contribution is -1.90. The standard InChI is InChI=1S/C7H6N3/c1-10-8-6-4-2-3-5-7(6)9-10/h2,4-5H,1H3. The first-order chi connectivity index (χ1) is 4.86. The van der Waals surface area contributed by atoms with Crippen molar-refractivity contribution in [2.75, 3.05) is 0 Å². The van der Waals surface area contributed by atoms with Gasteiger partial charge in [-0.05, 0) is 18.2 Å². The summed E-state index contributed by atoms with van der Waals surface area (Å²) in [5, 5.41) is 8.19. The molecule has 0 unspecified atom stereocenters. The van der Waals surface area contributed by atoms with E-state index in [4.69, 9.17) is 0 Å². The maximum Gasteiger partial charge on any atom is 0.113 e. The Hall–Kier alpha value is -1.38. The van der Waals surface area contributed by atoms with Gasteiger partial charge in [-0.1, -0.05) is 6.07 Å². The molecule has 0 fully saturated rings. The molecule has 0 saturated heterocycles. The summed E-state index contributed by atoms with van der Waals surface area (Å²) in [5.41, 5.74) is 1.81. The molecule has 0 N–H and O–H groups in total. The molecule has 1 aromatic heterocycles. The van der Waals surface area contributed by atoms with Crippen LogP contribution in [0.5, 0.6) is 0 Å². The SMILES string of the molecule is Cn1nc2c[c]ccc2n1. The molecule has 0 bridgehead atoms. The molecule has 2 rings (SSSR count). The first kappa shape index (κ1) is 5.41. The predicted molar refractivity (Wildman–Crippen MR) is 37.3 cm³/mol. The van der Waals surface area contributed by atoms with E-state index in [0.29, 0.717) is 0 Å². The molecule has 1 radical (unpaired) electrons. The van der Waals surface area contributed by atoms with E-state index in [1.165, 1.54) is 0 Å². The first-order valence-corrected chi connectivity index (χ1v) is 3.03. The molecule has 49 valence electrons. The monoisotopic (exact) mass is 132 g/mol. The van der Waals surface area contributed by atoms with Crippen LogP contribution in [-0.2, 0) is 7.05 Å². The van der Waals surface area contributed by atoms with Crippen LogP contribution in [0.15, 0.2) is 18.2 Å². The zero-order valence-corrected chi connectivity index (χ0v) is 5.57. The fourth-order valence-electron chi connectivity index (χ4n) is 0.912. The molecule has 0 atom stereocenters. The Labute approximate surface area is 58.3 Å². The van der Waals surface area contributed by atoms with E-state index < -0.39 is 0 Å². The number of aryl methyl sites for hydroxylation is 1. The molecular formula is C7H6N3. The predicted octanol–water partition coefficient (Wildman–Crippen LogP) is 0.768. The van der Waals surface area contributed by atoms with Crippen LogP contribution >= 0.6 is 0 Å². The minimum Gasteiger partial charge on any atom is -0.187 e. The number of hydrogen-bond donors (Lipinski definition) is 0. The topological polar surface area (TPSA) is 30.7 Å². The van der Waals surface area contributed by atoms with E-state index in [-0.39, 0.29) is 0 Å². The lowest BCUT2D eigenvalue weighted by Gasteiger charge is -1.77. The molecule has 0 aliphatic heterocycles. The minimum absolute atomic E-state index is 0.894. The van der Waals surface area contributed by atoms with E-state index in [0.717, 1.165) is 11.0 Å². The Morgan fingerprint density at radius 2 is 2.20 bits per heavy atom. The second kappa shape index (κ2) is 1.80. The van der Waals surface area contributed by atoms with Gasteiger partial charge in [-0.3, -0.25) is 0 Å². The number of nitrogens with zero attached hydrogens (tertiary/aromatic N) is 3. The van der Waals surface area contributed by atoms with Crippen LogP contribution in [0, 0.1) is 6.07 Å². The van der Waals surface area contributed by atoms with Crippen molar-refractivity contribution in [1.29, 1.82) is 0 Å². The van der Waals surface area contributed by atoms with E-state index in [2.05, 4.69) is 16.3 Å². The number of benzene rings is 1. The summed E-state index contributed by atoms with van der Waals surface area (Å²) < 4.78 is 0. The van der Waals surface area contributed by atoms with Crippen LogP contribution in [0.2, 0.25) is 0 Å². The average molecular weight is 132 g/mol. The van der Waals surface area contributed by atoms with Crippen LogP contribution in [0.3, 0.4) is 0 Å². The van der Waals surface area contributed by atoms with E-state index >= 15 is 0 Å². The molecular weight excluding hydrogens is 126 g/mol. The Kier molecular flexibility index (Phi) is 0.974. The smallest absolute Gasteiger partial charge is 0.113 e. The lowest BCUT2D eigenvalue weighted by molar-refractivity contribution is 0.665. The molecule has 3 heteroatoms. The molecule has 0 amide bonds. The summed E-state index contributed by atoms with van der Waals surface area (Å²) in [4.78, 5) is 1.55. The van der Waals surface area contributed by atoms with Crippen molar-refractivity contribution in [2.45, 2.75) is 0 Å². The molecule has 0 saturated carbocycles. The van der Waals surface area contributed by atoms with Gasteiger partial charge in [0.25, 0.3) is 0 Å². The number of rotatable bonds is 0. The highest BCUT2D eigenvalue weighted by molar-refractivity contribution is 5.72. The molecule has 0 aliphatic rings. The maximum absolute atomic E-state index is 4.10. The van der Waals surface area contributed by atoms with Crippen LogP contribution in [-0.4, -0.2) is 15.0 Å². The molecule has 2 aromatic rings. The quantitative estimate of drug-likeness (QED) is 0.530. The van der Waals surface area contributed by atoms with Gasteiger partial charge in [-0.15, -0.1) is 0 Å². The average Bonchev–Trinajstić information content (AvgIpc) is 2.27. The third-order valence-electron chi connectivity index (χ3n) is 1.32. The highest BCUT2D eigenvalue weighted by Crippen LogP contribution is 2.04. The third kappa shape index (κ3) is 0.673. The van der Waals surface area contributed by atoms with Crippen molar-refractivity contribution in [3.8, 4) is 0 Å². The Bertz CT molecular complexity index is 317. The highest BCUT2D eigenvalue weighted by Gasteiger charge is 1.94. The van der Waals surface area contributed by atoms with Crippen molar-refractivity contribution in [2.24, 2.45) is 7.05 Å². The van der Waals surface area contributed by atoms with Crippen molar-refractivity contribution in [1.82, 2.24) is 15.0 Å². The van der Waals surface area contributed by atoms with Gasteiger partial charge in [-0.2, -0.15) is 15.0 Å². The van der Waals surface area contributed by atoms with Gasteiger partial charge in [-0.25, -0.2) is 0 Å². The molecule has 10 heavy (non-hydrogen) atoms. The van der Waals surface area contributed by atoms with Crippen molar-refractivity contribution in [3.05, 3.63) is 24.3 Å². The highest BCUT2D eigenvalue weighted by atomic mass is 15.4. The van der Waals surface area contributed by atoms with Gasteiger partial charge in [0, 0.05) is 7.05 Å². The zero-order chi connectivity index (χ0) is 6.97. The summed E-state index contributed by atoms with van der Waals surface area (Å²) in [6.45, 7) is 0. The van der Waals surface area contributed by atoms with Crippen LogP contribution in [0.4, 0.5) is 0 Å². The summed E-state index contributed by atoms with van der Waals surface area (Å²) in [6, 6.07) is 8.48.